The van der Waals surface area contributed by atoms with Crippen LogP contribution in [0.2, 0.25) is 0 Å². The van der Waals surface area contributed by atoms with Gasteiger partial charge in [0, 0.05) is 50.8 Å². The van der Waals surface area contributed by atoms with E-state index in [1.807, 2.05) is 23.1 Å². The first-order chi connectivity index (χ1) is 13.8. The molecule has 1 aliphatic heterocycles. The summed E-state index contributed by atoms with van der Waals surface area (Å²) in [6, 6.07) is 6.36. The Morgan fingerprint density at radius 3 is 2.29 bits per heavy atom. The summed E-state index contributed by atoms with van der Waals surface area (Å²) in [6.07, 6.45) is 12.6. The average Bonchev–Trinajstić information content (AvgIpc) is 3.03. The number of piperazine rings is 1. The van der Waals surface area contributed by atoms with Gasteiger partial charge in [0.2, 0.25) is 5.95 Å². The minimum atomic E-state index is 0.00156. The highest BCUT2D eigenvalue weighted by atomic mass is 16.2. The summed E-state index contributed by atoms with van der Waals surface area (Å²) in [4.78, 5) is 30.0. The number of anilines is 2. The Morgan fingerprint density at radius 2 is 1.64 bits per heavy atom. The van der Waals surface area contributed by atoms with Crippen molar-refractivity contribution in [2.24, 2.45) is 0 Å². The molecule has 7 nitrogen and oxygen atoms in total. The lowest BCUT2D eigenvalue weighted by atomic mass is 10.1. The Kier molecular flexibility index (Phi) is 5.99. The standard InChI is InChI=1S/C21H28N6O/c28-20(27-13-11-26(12-14-27)19-9-5-6-10-22-19)17-15-23-21(24-16-17)25-18-7-3-1-2-4-8-18/h5-6,9-10,15-16,18H,1-4,7-8,11-14H2,(H,23,24,25). The van der Waals surface area contributed by atoms with E-state index in [9.17, 15) is 4.79 Å². The number of carbonyl (C=O) groups excluding carboxylic acids is 1. The van der Waals surface area contributed by atoms with E-state index >= 15 is 0 Å². The minimum absolute atomic E-state index is 0.00156. The molecule has 2 aromatic heterocycles. The third-order valence-corrected chi connectivity index (χ3v) is 5.63. The molecule has 7 heteroatoms. The maximum atomic E-state index is 12.8. The third kappa shape index (κ3) is 4.58. The Hall–Kier alpha value is -2.70. The fourth-order valence-corrected chi connectivity index (χ4v) is 3.98. The first-order valence-electron chi connectivity index (χ1n) is 10.3. The normalized spacial score (nSPS) is 18.6. The van der Waals surface area contributed by atoms with E-state index in [1.54, 1.807) is 18.6 Å². The number of rotatable bonds is 4. The van der Waals surface area contributed by atoms with Crippen LogP contribution >= 0.6 is 0 Å². The van der Waals surface area contributed by atoms with Gasteiger partial charge in [0.1, 0.15) is 5.82 Å². The lowest BCUT2D eigenvalue weighted by Crippen LogP contribution is -2.49. The molecule has 2 aromatic rings. The Labute approximate surface area is 166 Å². The number of amides is 1. The lowest BCUT2D eigenvalue weighted by molar-refractivity contribution is 0.0745. The second-order valence-corrected chi connectivity index (χ2v) is 7.60. The topological polar surface area (TPSA) is 74.2 Å². The molecule has 2 aliphatic rings. The number of carbonyl (C=O) groups is 1. The van der Waals surface area contributed by atoms with Gasteiger partial charge in [-0.3, -0.25) is 4.79 Å². The first kappa shape index (κ1) is 18.7. The summed E-state index contributed by atoms with van der Waals surface area (Å²) >= 11 is 0. The molecular weight excluding hydrogens is 352 g/mol. The number of aromatic nitrogens is 3. The van der Waals surface area contributed by atoms with Crippen molar-refractivity contribution in [2.45, 2.75) is 44.6 Å². The van der Waals surface area contributed by atoms with Crippen LogP contribution in [0.3, 0.4) is 0 Å². The molecule has 0 unspecified atom stereocenters. The summed E-state index contributed by atoms with van der Waals surface area (Å²) in [5, 5.41) is 3.43. The molecule has 1 amide bonds. The van der Waals surface area contributed by atoms with Crippen molar-refractivity contribution in [3.8, 4) is 0 Å². The van der Waals surface area contributed by atoms with Gasteiger partial charge in [0.05, 0.1) is 5.56 Å². The van der Waals surface area contributed by atoms with Crippen LogP contribution in [0.15, 0.2) is 36.8 Å². The summed E-state index contributed by atoms with van der Waals surface area (Å²) in [5.74, 6) is 1.59. The van der Waals surface area contributed by atoms with Gasteiger partial charge in [0.25, 0.3) is 5.91 Å². The van der Waals surface area contributed by atoms with Crippen LogP contribution in [0.1, 0.15) is 48.9 Å². The van der Waals surface area contributed by atoms with Gasteiger partial charge in [-0.1, -0.05) is 31.7 Å². The fraction of sp³-hybridized carbons (Fsp3) is 0.524. The van der Waals surface area contributed by atoms with Gasteiger partial charge in [-0.25, -0.2) is 15.0 Å². The molecule has 2 fully saturated rings. The van der Waals surface area contributed by atoms with E-state index < -0.39 is 0 Å². The predicted octanol–water partition coefficient (Wildman–Crippen LogP) is 2.97. The molecule has 0 spiro atoms. The van der Waals surface area contributed by atoms with Gasteiger partial charge in [-0.15, -0.1) is 0 Å². The summed E-state index contributed by atoms with van der Waals surface area (Å²) in [6.45, 7) is 2.92. The number of nitrogens with zero attached hydrogens (tertiary/aromatic N) is 5. The van der Waals surface area contributed by atoms with Gasteiger partial charge < -0.3 is 15.1 Å². The number of nitrogens with one attached hydrogen (secondary N) is 1. The summed E-state index contributed by atoms with van der Waals surface area (Å²) in [5.41, 5.74) is 0.553. The van der Waals surface area contributed by atoms with Gasteiger partial charge in [0.15, 0.2) is 0 Å². The maximum absolute atomic E-state index is 12.8. The minimum Gasteiger partial charge on any atom is -0.353 e. The molecule has 0 radical (unpaired) electrons. The van der Waals surface area contributed by atoms with Crippen LogP contribution in [-0.2, 0) is 0 Å². The third-order valence-electron chi connectivity index (χ3n) is 5.63. The Morgan fingerprint density at radius 1 is 0.929 bits per heavy atom. The van der Waals surface area contributed by atoms with Crippen molar-refractivity contribution >= 4 is 17.7 Å². The molecule has 1 saturated carbocycles. The zero-order valence-corrected chi connectivity index (χ0v) is 16.3. The zero-order chi connectivity index (χ0) is 19.2. The average molecular weight is 380 g/mol. The predicted molar refractivity (Wildman–Crippen MR) is 109 cm³/mol. The van der Waals surface area contributed by atoms with Crippen LogP contribution in [0.25, 0.3) is 0 Å². The Bertz CT molecular complexity index is 750. The largest absolute Gasteiger partial charge is 0.353 e. The lowest BCUT2D eigenvalue weighted by Gasteiger charge is -2.35. The van der Waals surface area contributed by atoms with Gasteiger partial charge in [-0.05, 0) is 25.0 Å². The van der Waals surface area contributed by atoms with Crippen LogP contribution in [0, 0.1) is 0 Å². The number of pyridine rings is 1. The SMILES string of the molecule is O=C(c1cnc(NC2CCCCCC2)nc1)N1CCN(c2ccccn2)CC1. The van der Waals surface area contributed by atoms with Crippen LogP contribution in [0.4, 0.5) is 11.8 Å². The van der Waals surface area contributed by atoms with E-state index in [0.29, 0.717) is 30.6 Å². The molecule has 28 heavy (non-hydrogen) atoms. The molecular formula is C21H28N6O. The molecule has 1 N–H and O–H groups in total. The molecule has 1 saturated heterocycles. The molecule has 1 aliphatic carbocycles. The van der Waals surface area contributed by atoms with Crippen molar-refractivity contribution < 1.29 is 4.79 Å². The van der Waals surface area contributed by atoms with Crippen LogP contribution in [-0.4, -0.2) is 58.0 Å². The van der Waals surface area contributed by atoms with E-state index in [0.717, 1.165) is 18.9 Å². The highest BCUT2D eigenvalue weighted by molar-refractivity contribution is 5.93. The highest BCUT2D eigenvalue weighted by Gasteiger charge is 2.23. The summed E-state index contributed by atoms with van der Waals surface area (Å²) in [7, 11) is 0. The number of hydrogen-bond donors (Lipinski definition) is 1. The van der Waals surface area contributed by atoms with Crippen molar-refractivity contribution in [2.75, 3.05) is 36.4 Å². The Balaban J connectivity index is 1.31. The van der Waals surface area contributed by atoms with Crippen molar-refractivity contribution in [3.05, 3.63) is 42.4 Å². The van der Waals surface area contributed by atoms with Gasteiger partial charge >= 0.3 is 0 Å². The second kappa shape index (κ2) is 8.99. The fourth-order valence-electron chi connectivity index (χ4n) is 3.98. The molecule has 4 rings (SSSR count). The van der Waals surface area contributed by atoms with Crippen molar-refractivity contribution in [1.82, 2.24) is 19.9 Å². The zero-order valence-electron chi connectivity index (χ0n) is 16.3. The van der Waals surface area contributed by atoms with E-state index in [2.05, 4.69) is 25.2 Å². The smallest absolute Gasteiger partial charge is 0.257 e. The molecule has 0 atom stereocenters. The second-order valence-electron chi connectivity index (χ2n) is 7.60. The van der Waals surface area contributed by atoms with E-state index in [1.165, 1.54) is 38.5 Å². The monoisotopic (exact) mass is 380 g/mol. The van der Waals surface area contributed by atoms with Crippen LogP contribution < -0.4 is 10.2 Å². The first-order valence-corrected chi connectivity index (χ1v) is 10.3. The van der Waals surface area contributed by atoms with E-state index in [4.69, 9.17) is 0 Å². The molecule has 3 heterocycles. The highest BCUT2D eigenvalue weighted by Crippen LogP contribution is 2.20. The molecule has 148 valence electrons. The van der Waals surface area contributed by atoms with Crippen molar-refractivity contribution in [3.63, 3.8) is 0 Å². The quantitative estimate of drug-likeness (QED) is 0.822. The number of hydrogen-bond acceptors (Lipinski definition) is 6. The maximum Gasteiger partial charge on any atom is 0.257 e. The molecule has 0 bridgehead atoms. The summed E-state index contributed by atoms with van der Waals surface area (Å²) < 4.78 is 0. The van der Waals surface area contributed by atoms with Gasteiger partial charge in [-0.2, -0.15) is 0 Å². The molecule has 0 aromatic carbocycles. The van der Waals surface area contributed by atoms with E-state index in [-0.39, 0.29) is 5.91 Å². The van der Waals surface area contributed by atoms with Crippen LogP contribution in [0.5, 0.6) is 0 Å². The van der Waals surface area contributed by atoms with Crippen molar-refractivity contribution in [1.29, 1.82) is 0 Å².